The lowest BCUT2D eigenvalue weighted by atomic mass is 10.1. The molecular formula is C16H12FNOS2. The van der Waals surface area contributed by atoms with Crippen molar-refractivity contribution in [3.8, 4) is 0 Å². The molecule has 0 unspecified atom stereocenters. The molecule has 0 radical (unpaired) electrons. The lowest BCUT2D eigenvalue weighted by Crippen LogP contribution is -2.05. The summed E-state index contributed by atoms with van der Waals surface area (Å²) in [4.78, 5) is 16.6. The van der Waals surface area contributed by atoms with Crippen molar-refractivity contribution in [1.29, 1.82) is 0 Å². The van der Waals surface area contributed by atoms with Gasteiger partial charge in [0.2, 0.25) is 0 Å². The second kappa shape index (κ2) is 6.45. The van der Waals surface area contributed by atoms with Crippen LogP contribution in [0.3, 0.4) is 0 Å². The van der Waals surface area contributed by atoms with Crippen LogP contribution < -0.4 is 0 Å². The maximum absolute atomic E-state index is 12.8. The first kappa shape index (κ1) is 14.4. The Balaban J connectivity index is 1.65. The molecule has 1 aliphatic rings. The number of rotatable bonds is 3. The van der Waals surface area contributed by atoms with Gasteiger partial charge >= 0.3 is 0 Å². The molecule has 2 aromatic rings. The second-order valence-electron chi connectivity index (χ2n) is 4.51. The van der Waals surface area contributed by atoms with Gasteiger partial charge in [0.15, 0.2) is 5.78 Å². The molecule has 0 aromatic heterocycles. The Labute approximate surface area is 130 Å². The van der Waals surface area contributed by atoms with E-state index in [2.05, 4.69) is 11.1 Å². The fraction of sp³-hybridized carbons (Fsp3) is 0.125. The van der Waals surface area contributed by atoms with Crippen LogP contribution in [-0.4, -0.2) is 15.9 Å². The summed E-state index contributed by atoms with van der Waals surface area (Å²) < 4.78 is 13.7. The highest BCUT2D eigenvalue weighted by atomic mass is 32.2. The smallest absolute Gasteiger partial charge is 0.173 e. The van der Waals surface area contributed by atoms with E-state index in [4.69, 9.17) is 0 Å². The normalized spacial score (nSPS) is 13.5. The molecule has 0 amide bonds. The number of hydrogen-bond acceptors (Lipinski definition) is 4. The summed E-state index contributed by atoms with van der Waals surface area (Å²) in [5.41, 5.74) is 2.73. The third kappa shape index (κ3) is 3.54. The number of Topliss-reactive ketones (excluding diaryl/α,β-unsaturated/α-hetero) is 1. The van der Waals surface area contributed by atoms with Crippen LogP contribution in [0.5, 0.6) is 0 Å². The standard InChI is InChI=1S/C16H12FNOS2/c17-13-7-5-11(6-8-13)15(19)10-21-16-18-14-4-2-1-3-12(14)9-20-16/h1-8H,9-10H2. The average molecular weight is 317 g/mol. The van der Waals surface area contributed by atoms with Crippen LogP contribution in [-0.2, 0) is 5.75 Å². The molecule has 5 heteroatoms. The molecule has 0 saturated carbocycles. The lowest BCUT2D eigenvalue weighted by Gasteiger charge is -2.13. The summed E-state index contributed by atoms with van der Waals surface area (Å²) in [6.07, 6.45) is 0. The average Bonchev–Trinajstić information content (AvgIpc) is 2.53. The summed E-state index contributed by atoms with van der Waals surface area (Å²) >= 11 is 3.08. The monoisotopic (exact) mass is 317 g/mol. The minimum Gasteiger partial charge on any atom is -0.293 e. The zero-order chi connectivity index (χ0) is 14.7. The highest BCUT2D eigenvalue weighted by Gasteiger charge is 2.14. The first-order valence-electron chi connectivity index (χ1n) is 6.43. The van der Waals surface area contributed by atoms with Gasteiger partial charge in [0, 0.05) is 11.3 Å². The first-order valence-corrected chi connectivity index (χ1v) is 8.40. The van der Waals surface area contributed by atoms with Crippen molar-refractivity contribution in [1.82, 2.24) is 0 Å². The zero-order valence-electron chi connectivity index (χ0n) is 11.1. The van der Waals surface area contributed by atoms with E-state index in [1.165, 1.54) is 41.6 Å². The van der Waals surface area contributed by atoms with Crippen molar-refractivity contribution in [2.24, 2.45) is 4.99 Å². The van der Waals surface area contributed by atoms with Crippen molar-refractivity contribution in [3.05, 3.63) is 65.5 Å². The lowest BCUT2D eigenvalue weighted by molar-refractivity contribution is 0.102. The van der Waals surface area contributed by atoms with Gasteiger partial charge in [-0.15, -0.1) is 0 Å². The fourth-order valence-corrected chi connectivity index (χ4v) is 3.89. The Morgan fingerprint density at radius 3 is 2.76 bits per heavy atom. The van der Waals surface area contributed by atoms with E-state index < -0.39 is 0 Å². The Hall–Kier alpha value is -1.59. The quantitative estimate of drug-likeness (QED) is 0.770. The van der Waals surface area contributed by atoms with Crippen LogP contribution in [0, 0.1) is 5.82 Å². The number of nitrogens with zero attached hydrogens (tertiary/aromatic N) is 1. The number of aliphatic imine (C=N–C) groups is 1. The molecular weight excluding hydrogens is 305 g/mol. The summed E-state index contributed by atoms with van der Waals surface area (Å²) in [6.45, 7) is 0. The molecule has 21 heavy (non-hydrogen) atoms. The molecule has 0 bridgehead atoms. The number of thioether (sulfide) groups is 2. The number of para-hydroxylation sites is 1. The number of hydrogen-bond donors (Lipinski definition) is 0. The Kier molecular flexibility index (Phi) is 4.41. The van der Waals surface area contributed by atoms with E-state index in [1.54, 1.807) is 11.8 Å². The van der Waals surface area contributed by atoms with Gasteiger partial charge in [-0.3, -0.25) is 4.79 Å². The maximum atomic E-state index is 12.8. The van der Waals surface area contributed by atoms with E-state index >= 15 is 0 Å². The van der Waals surface area contributed by atoms with E-state index in [0.29, 0.717) is 11.3 Å². The van der Waals surface area contributed by atoms with Crippen LogP contribution in [0.2, 0.25) is 0 Å². The molecule has 1 heterocycles. The molecule has 1 aliphatic heterocycles. The molecule has 0 saturated heterocycles. The fourth-order valence-electron chi connectivity index (χ4n) is 1.93. The molecule has 0 N–H and O–H groups in total. The molecule has 0 aliphatic carbocycles. The van der Waals surface area contributed by atoms with Gasteiger partial charge in [-0.2, -0.15) is 0 Å². The number of halogens is 1. The number of carbonyl (C=O) groups is 1. The minimum absolute atomic E-state index is 0.0119. The third-order valence-electron chi connectivity index (χ3n) is 3.05. The number of benzene rings is 2. The molecule has 0 spiro atoms. The maximum Gasteiger partial charge on any atom is 0.173 e. The molecule has 2 nitrogen and oxygen atoms in total. The predicted molar refractivity (Wildman–Crippen MR) is 88.0 cm³/mol. The van der Waals surface area contributed by atoms with Gasteiger partial charge in [0.1, 0.15) is 10.2 Å². The highest BCUT2D eigenvalue weighted by Crippen LogP contribution is 2.34. The zero-order valence-corrected chi connectivity index (χ0v) is 12.7. The van der Waals surface area contributed by atoms with Crippen molar-refractivity contribution in [3.63, 3.8) is 0 Å². The molecule has 2 aromatic carbocycles. The number of ketones is 1. The van der Waals surface area contributed by atoms with Crippen molar-refractivity contribution < 1.29 is 9.18 Å². The van der Waals surface area contributed by atoms with Gasteiger partial charge in [0.25, 0.3) is 0 Å². The van der Waals surface area contributed by atoms with Gasteiger partial charge in [-0.25, -0.2) is 9.38 Å². The minimum atomic E-state index is -0.331. The summed E-state index contributed by atoms with van der Waals surface area (Å²) in [7, 11) is 0. The highest BCUT2D eigenvalue weighted by molar-refractivity contribution is 8.38. The van der Waals surface area contributed by atoms with E-state index in [-0.39, 0.29) is 11.6 Å². The van der Waals surface area contributed by atoms with E-state index in [1.807, 2.05) is 18.2 Å². The molecule has 3 rings (SSSR count). The Morgan fingerprint density at radius 2 is 1.95 bits per heavy atom. The first-order chi connectivity index (χ1) is 10.2. The van der Waals surface area contributed by atoms with Crippen LogP contribution >= 0.6 is 23.5 Å². The van der Waals surface area contributed by atoms with Crippen molar-refractivity contribution in [2.45, 2.75) is 5.75 Å². The van der Waals surface area contributed by atoms with Crippen LogP contribution in [0.15, 0.2) is 53.5 Å². The predicted octanol–water partition coefficient (Wildman–Crippen LogP) is 4.68. The summed E-state index contributed by atoms with van der Waals surface area (Å²) in [5, 5.41) is 0. The van der Waals surface area contributed by atoms with Gasteiger partial charge < -0.3 is 0 Å². The SMILES string of the molecule is O=C(CSC1=Nc2ccccc2CS1)c1ccc(F)cc1. The molecule has 106 valence electrons. The largest absolute Gasteiger partial charge is 0.293 e. The molecule has 0 fully saturated rings. The van der Waals surface area contributed by atoms with Crippen LogP contribution in [0.1, 0.15) is 15.9 Å². The number of fused-ring (bicyclic) bond motifs is 1. The van der Waals surface area contributed by atoms with Crippen molar-refractivity contribution >= 4 is 39.4 Å². The van der Waals surface area contributed by atoms with Gasteiger partial charge in [-0.1, -0.05) is 41.7 Å². The van der Waals surface area contributed by atoms with E-state index in [0.717, 1.165) is 15.8 Å². The van der Waals surface area contributed by atoms with Gasteiger partial charge in [-0.05, 0) is 35.9 Å². The second-order valence-corrected chi connectivity index (χ2v) is 6.70. The van der Waals surface area contributed by atoms with Crippen LogP contribution in [0.25, 0.3) is 0 Å². The topological polar surface area (TPSA) is 29.4 Å². The third-order valence-corrected chi connectivity index (χ3v) is 5.29. The van der Waals surface area contributed by atoms with E-state index in [9.17, 15) is 9.18 Å². The Bertz CT molecular complexity index is 698. The summed E-state index contributed by atoms with van der Waals surface area (Å²) in [5.74, 6) is 0.858. The number of carbonyl (C=O) groups excluding carboxylic acids is 1. The molecule has 0 atom stereocenters. The summed E-state index contributed by atoms with van der Waals surface area (Å²) in [6, 6.07) is 13.7. The van der Waals surface area contributed by atoms with Crippen LogP contribution in [0.4, 0.5) is 10.1 Å². The Morgan fingerprint density at radius 1 is 1.19 bits per heavy atom. The van der Waals surface area contributed by atoms with Crippen molar-refractivity contribution in [2.75, 3.05) is 5.75 Å². The van der Waals surface area contributed by atoms with Gasteiger partial charge in [0.05, 0.1) is 11.4 Å².